The number of aromatic nitrogens is 2. The normalized spacial score (nSPS) is 16.5. The van der Waals surface area contributed by atoms with Gasteiger partial charge in [0.15, 0.2) is 5.69 Å². The summed E-state index contributed by atoms with van der Waals surface area (Å²) in [5, 5.41) is 7.09. The lowest BCUT2D eigenvalue weighted by Crippen LogP contribution is -2.37. The van der Waals surface area contributed by atoms with Crippen LogP contribution in [-0.2, 0) is 17.6 Å². The Bertz CT molecular complexity index is 1250. The molecule has 1 aromatic heterocycles. The molecule has 7 nitrogen and oxygen atoms in total. The number of carbonyl (C=O) groups is 3. The van der Waals surface area contributed by atoms with E-state index in [0.717, 1.165) is 53.5 Å². The fourth-order valence-corrected chi connectivity index (χ4v) is 5.03. The molecule has 2 aliphatic rings. The second-order valence-corrected chi connectivity index (χ2v) is 8.87. The molecule has 1 N–H and O–H groups in total. The van der Waals surface area contributed by atoms with Gasteiger partial charge in [0.1, 0.15) is 0 Å². The lowest BCUT2D eigenvalue weighted by molar-refractivity contribution is -0.122. The molecule has 8 heteroatoms. The summed E-state index contributed by atoms with van der Waals surface area (Å²) in [5.74, 6) is -0.619. The van der Waals surface area contributed by atoms with Crippen LogP contribution < -0.4 is 5.32 Å². The van der Waals surface area contributed by atoms with Crippen LogP contribution in [0.15, 0.2) is 65.6 Å². The van der Waals surface area contributed by atoms with Gasteiger partial charge >= 0.3 is 0 Å². The molecule has 0 radical (unpaired) electrons. The van der Waals surface area contributed by atoms with E-state index in [9.17, 15) is 14.4 Å². The minimum absolute atomic E-state index is 0.115. The van der Waals surface area contributed by atoms with Gasteiger partial charge in [0.05, 0.1) is 10.6 Å². The van der Waals surface area contributed by atoms with E-state index in [1.54, 1.807) is 6.08 Å². The zero-order chi connectivity index (χ0) is 22.8. The highest BCUT2D eigenvalue weighted by molar-refractivity contribution is 8.18. The number of thioether (sulfide) groups is 1. The molecule has 1 fully saturated rings. The van der Waals surface area contributed by atoms with Gasteiger partial charge in [-0.3, -0.25) is 19.3 Å². The molecule has 5 rings (SSSR count). The molecule has 0 unspecified atom stereocenters. The summed E-state index contributed by atoms with van der Waals surface area (Å²) in [4.78, 5) is 39.5. The van der Waals surface area contributed by atoms with Crippen molar-refractivity contribution >= 4 is 34.9 Å². The largest absolute Gasteiger partial charge is 0.349 e. The van der Waals surface area contributed by atoms with Crippen LogP contribution in [0, 0.1) is 0 Å². The smallest absolute Gasteiger partial charge is 0.293 e. The number of hydrogen-bond donors (Lipinski definition) is 1. The number of nitrogens with zero attached hydrogens (tertiary/aromatic N) is 3. The molecule has 0 saturated carbocycles. The van der Waals surface area contributed by atoms with E-state index in [1.165, 1.54) is 4.90 Å². The highest BCUT2D eigenvalue weighted by Crippen LogP contribution is 2.32. The third kappa shape index (κ3) is 4.21. The van der Waals surface area contributed by atoms with Crippen molar-refractivity contribution in [2.75, 3.05) is 13.1 Å². The predicted molar refractivity (Wildman–Crippen MR) is 127 cm³/mol. The molecule has 0 spiro atoms. The summed E-state index contributed by atoms with van der Waals surface area (Å²) in [6.45, 7) is 0.284. The van der Waals surface area contributed by atoms with Crippen molar-refractivity contribution in [1.82, 2.24) is 20.0 Å². The average molecular weight is 459 g/mol. The lowest BCUT2D eigenvalue weighted by atomic mass is 10.2. The maximum absolute atomic E-state index is 12.9. The highest BCUT2D eigenvalue weighted by atomic mass is 32.2. The van der Waals surface area contributed by atoms with Crippen LogP contribution in [0.5, 0.6) is 0 Å². The molecule has 1 aliphatic heterocycles. The van der Waals surface area contributed by atoms with Gasteiger partial charge in [0, 0.05) is 24.3 Å². The third-order valence-electron chi connectivity index (χ3n) is 5.74. The van der Waals surface area contributed by atoms with Crippen LogP contribution in [0.25, 0.3) is 11.8 Å². The molecule has 1 saturated heterocycles. The van der Waals surface area contributed by atoms with Crippen molar-refractivity contribution in [3.05, 3.63) is 88.1 Å². The number of hydrogen-bond acceptors (Lipinski definition) is 5. The second-order valence-electron chi connectivity index (χ2n) is 7.87. The number of imide groups is 1. The van der Waals surface area contributed by atoms with Crippen LogP contribution >= 0.6 is 11.8 Å². The summed E-state index contributed by atoms with van der Waals surface area (Å²) in [6, 6.07) is 19.2. The van der Waals surface area contributed by atoms with Crippen LogP contribution in [0.3, 0.4) is 0 Å². The van der Waals surface area contributed by atoms with Gasteiger partial charge in [-0.2, -0.15) is 5.10 Å². The van der Waals surface area contributed by atoms with E-state index in [1.807, 2.05) is 65.3 Å². The topological polar surface area (TPSA) is 84.3 Å². The van der Waals surface area contributed by atoms with Crippen molar-refractivity contribution < 1.29 is 14.4 Å². The Morgan fingerprint density at radius 3 is 2.52 bits per heavy atom. The zero-order valence-corrected chi connectivity index (χ0v) is 18.7. The first-order valence-corrected chi connectivity index (χ1v) is 11.7. The van der Waals surface area contributed by atoms with Crippen LogP contribution in [0.2, 0.25) is 0 Å². The van der Waals surface area contributed by atoms with Gasteiger partial charge in [-0.1, -0.05) is 48.5 Å². The van der Waals surface area contributed by atoms with Crippen molar-refractivity contribution in [2.45, 2.75) is 19.3 Å². The second kappa shape index (κ2) is 9.07. The Balaban J connectivity index is 1.25. The Labute approximate surface area is 195 Å². The number of carbonyl (C=O) groups excluding carboxylic acids is 3. The Morgan fingerprint density at radius 1 is 1.03 bits per heavy atom. The summed E-state index contributed by atoms with van der Waals surface area (Å²) >= 11 is 0.919. The molecular formula is C25H22N4O3S. The Hall–Kier alpha value is -3.65. The van der Waals surface area contributed by atoms with Gasteiger partial charge in [0.25, 0.3) is 17.1 Å². The molecule has 1 aliphatic carbocycles. The van der Waals surface area contributed by atoms with Crippen molar-refractivity contribution in [3.8, 4) is 5.69 Å². The van der Waals surface area contributed by atoms with Gasteiger partial charge in [-0.05, 0) is 54.8 Å². The third-order valence-corrected chi connectivity index (χ3v) is 6.65. The molecule has 33 heavy (non-hydrogen) atoms. The standard InChI is InChI=1S/C25H22N4O3S/c30-23(22-19-12-7-13-20(19)29(27-22)18-10-5-2-6-11-18)26-14-15-28-24(31)21(33-25(28)32)16-17-8-3-1-4-9-17/h1-6,8-11,16H,7,12-15H2,(H,26,30)/b21-16-. The van der Waals surface area contributed by atoms with Gasteiger partial charge < -0.3 is 5.32 Å². The number of benzene rings is 2. The maximum atomic E-state index is 12.9. The minimum atomic E-state index is -0.336. The quantitative estimate of drug-likeness (QED) is 0.568. The number of amides is 3. The molecule has 2 heterocycles. The monoisotopic (exact) mass is 458 g/mol. The number of fused-ring (bicyclic) bond motifs is 1. The Kier molecular flexibility index (Phi) is 5.83. The van der Waals surface area contributed by atoms with E-state index in [-0.39, 0.29) is 30.1 Å². The summed E-state index contributed by atoms with van der Waals surface area (Å²) in [5.41, 5.74) is 4.26. The lowest BCUT2D eigenvalue weighted by Gasteiger charge is -2.12. The van der Waals surface area contributed by atoms with Gasteiger partial charge in [-0.15, -0.1) is 0 Å². The van der Waals surface area contributed by atoms with Crippen LogP contribution in [0.1, 0.15) is 33.7 Å². The van der Waals surface area contributed by atoms with Gasteiger partial charge in [0.2, 0.25) is 0 Å². The number of nitrogens with one attached hydrogen (secondary N) is 1. The molecule has 2 aromatic carbocycles. The van der Waals surface area contributed by atoms with E-state index >= 15 is 0 Å². The molecular weight excluding hydrogens is 436 g/mol. The first-order chi connectivity index (χ1) is 16.1. The van der Waals surface area contributed by atoms with E-state index < -0.39 is 0 Å². The number of para-hydroxylation sites is 1. The van der Waals surface area contributed by atoms with Crippen molar-refractivity contribution in [3.63, 3.8) is 0 Å². The summed E-state index contributed by atoms with van der Waals surface area (Å²) in [7, 11) is 0. The van der Waals surface area contributed by atoms with E-state index in [4.69, 9.17) is 0 Å². The van der Waals surface area contributed by atoms with Crippen LogP contribution in [0.4, 0.5) is 4.79 Å². The fraction of sp³-hybridized carbons (Fsp3) is 0.200. The van der Waals surface area contributed by atoms with E-state index in [2.05, 4.69) is 10.4 Å². The molecule has 3 amide bonds. The van der Waals surface area contributed by atoms with Crippen LogP contribution in [-0.4, -0.2) is 44.8 Å². The molecule has 0 atom stereocenters. The predicted octanol–water partition coefficient (Wildman–Crippen LogP) is 3.83. The first kappa shape index (κ1) is 21.2. The highest BCUT2D eigenvalue weighted by Gasteiger charge is 2.35. The number of rotatable bonds is 6. The SMILES string of the molecule is O=C(NCCN1C(=O)S/C(=C\c2ccccc2)C1=O)c1nn(-c2ccccc2)c2c1CCC2. The molecule has 0 bridgehead atoms. The zero-order valence-electron chi connectivity index (χ0n) is 17.9. The van der Waals surface area contributed by atoms with Crippen molar-refractivity contribution in [1.29, 1.82) is 0 Å². The maximum Gasteiger partial charge on any atom is 0.293 e. The van der Waals surface area contributed by atoms with Crippen molar-refractivity contribution in [2.24, 2.45) is 0 Å². The molecule has 166 valence electrons. The first-order valence-electron chi connectivity index (χ1n) is 10.9. The minimum Gasteiger partial charge on any atom is -0.349 e. The average Bonchev–Trinajstić information content (AvgIpc) is 3.51. The summed E-state index contributed by atoms with van der Waals surface area (Å²) in [6.07, 6.45) is 4.40. The Morgan fingerprint density at radius 2 is 1.76 bits per heavy atom. The summed E-state index contributed by atoms with van der Waals surface area (Å²) < 4.78 is 1.85. The van der Waals surface area contributed by atoms with E-state index in [0.29, 0.717) is 10.6 Å². The molecule has 3 aromatic rings. The fourth-order valence-electron chi connectivity index (χ4n) is 4.16. The van der Waals surface area contributed by atoms with Gasteiger partial charge in [-0.25, -0.2) is 4.68 Å².